The average Bonchev–Trinajstić information content (AvgIpc) is 2.10. The van der Waals surface area contributed by atoms with E-state index in [4.69, 9.17) is 13.3 Å². The van der Waals surface area contributed by atoms with Crippen LogP contribution in [0.3, 0.4) is 0 Å². The fourth-order valence-electron chi connectivity index (χ4n) is 2.33. The third kappa shape index (κ3) is 12.0. The van der Waals surface area contributed by atoms with Crippen LogP contribution < -0.4 is 0 Å². The summed E-state index contributed by atoms with van der Waals surface area (Å²) < 4.78 is 12.9. The molecule has 0 aromatic carbocycles. The fourth-order valence-corrected chi connectivity index (χ4v) is 14.9. The van der Waals surface area contributed by atoms with Crippen molar-refractivity contribution in [3.63, 3.8) is 0 Å². The highest BCUT2D eigenvalue weighted by Gasteiger charge is 2.39. The van der Waals surface area contributed by atoms with Gasteiger partial charge in [-0.25, -0.2) is 0 Å². The molecule has 0 heterocycles. The summed E-state index contributed by atoms with van der Waals surface area (Å²) in [5, 5.41) is 8.80. The van der Waals surface area contributed by atoms with Crippen LogP contribution >= 0.6 is 0 Å². The van der Waals surface area contributed by atoms with Gasteiger partial charge in [-0.05, 0) is 58.3 Å². The molecule has 0 amide bonds. The van der Waals surface area contributed by atoms with E-state index in [-0.39, 0.29) is 0 Å². The topological polar surface area (TPSA) is 38.7 Å². The van der Waals surface area contributed by atoms with Crippen LogP contribution in [0.1, 0.15) is 25.7 Å². The maximum absolute atomic E-state index is 8.80. The van der Waals surface area contributed by atoms with Crippen LogP contribution in [0.25, 0.3) is 0 Å². The van der Waals surface area contributed by atoms with Crippen LogP contribution in [-0.2, 0) is 8.23 Å². The Morgan fingerprint density at radius 2 is 1.11 bits per heavy atom. The van der Waals surface area contributed by atoms with Gasteiger partial charge in [-0.15, -0.1) is 0 Å². The lowest BCUT2D eigenvalue weighted by atomic mass is 10.2. The van der Waals surface area contributed by atoms with Gasteiger partial charge in [-0.2, -0.15) is 0 Å². The summed E-state index contributed by atoms with van der Waals surface area (Å²) in [7, 11) is -5.12. The number of hydrogen-bond acceptors (Lipinski definition) is 3. The number of unbranched alkanes of at least 4 members (excludes halogenated alkanes) is 3. The summed E-state index contributed by atoms with van der Waals surface area (Å²) in [6.07, 6.45) is 4.37. The lowest BCUT2D eigenvalue weighted by Crippen LogP contribution is -2.52. The number of hydrogen-bond donors (Lipinski definition) is 1. The summed E-state index contributed by atoms with van der Waals surface area (Å²) in [4.78, 5) is 0. The molecule has 0 unspecified atom stereocenters. The Balaban J connectivity index is 4.41. The summed E-state index contributed by atoms with van der Waals surface area (Å²) in [6, 6.07) is 1.09. The Morgan fingerprint density at radius 1 is 0.684 bits per heavy atom. The molecule has 1 N–H and O–H groups in total. The molecule has 0 aromatic rings. The molecular weight excluding hydrogens is 288 g/mol. The van der Waals surface area contributed by atoms with Gasteiger partial charge >= 0.3 is 8.56 Å². The van der Waals surface area contributed by atoms with Crippen LogP contribution in [-0.4, -0.2) is 36.9 Å². The number of aliphatic hydroxyl groups is 1. The molecule has 0 saturated carbocycles. The van der Waals surface area contributed by atoms with Crippen LogP contribution in [0, 0.1) is 0 Å². The largest absolute Gasteiger partial charge is 0.437 e. The van der Waals surface area contributed by atoms with Gasteiger partial charge in [0, 0.05) is 6.61 Å². The Bertz CT molecular complexity index is 230. The van der Waals surface area contributed by atoms with E-state index in [1.165, 1.54) is 6.42 Å². The van der Waals surface area contributed by atoms with Crippen molar-refractivity contribution in [2.24, 2.45) is 0 Å². The highest BCUT2D eigenvalue weighted by Crippen LogP contribution is 2.26. The highest BCUT2D eigenvalue weighted by molar-refractivity contribution is 6.87. The molecule has 6 heteroatoms. The zero-order valence-electron chi connectivity index (χ0n) is 14.0. The normalized spacial score (nSPS) is 13.9. The minimum Gasteiger partial charge on any atom is -0.437 e. The first-order valence-corrected chi connectivity index (χ1v) is 16.8. The first-order valence-electron chi connectivity index (χ1n) is 7.49. The van der Waals surface area contributed by atoms with Crippen molar-refractivity contribution < 1.29 is 13.3 Å². The molecule has 0 aromatic heterocycles. The number of rotatable bonds is 10. The second kappa shape index (κ2) is 8.09. The van der Waals surface area contributed by atoms with Crippen molar-refractivity contribution >= 4 is 25.2 Å². The summed E-state index contributed by atoms with van der Waals surface area (Å²) in [5.41, 5.74) is 0. The van der Waals surface area contributed by atoms with E-state index in [0.717, 1.165) is 25.3 Å². The molecule has 3 nitrogen and oxygen atoms in total. The Hall–Kier alpha value is 0.531. The van der Waals surface area contributed by atoms with Gasteiger partial charge in [-0.3, -0.25) is 0 Å². The second-order valence-electron chi connectivity index (χ2n) is 7.45. The lowest BCUT2D eigenvalue weighted by molar-refractivity contribution is 0.282. The predicted octanol–water partition coefficient (Wildman–Crippen LogP) is 4.31. The van der Waals surface area contributed by atoms with E-state index >= 15 is 0 Å². The first-order chi connectivity index (χ1) is 8.47. The van der Waals surface area contributed by atoms with Crippen molar-refractivity contribution in [1.29, 1.82) is 0 Å². The Kier molecular flexibility index (Phi) is 8.32. The third-order valence-electron chi connectivity index (χ3n) is 2.58. The van der Waals surface area contributed by atoms with Gasteiger partial charge in [-0.1, -0.05) is 19.3 Å². The predicted molar refractivity (Wildman–Crippen MR) is 90.8 cm³/mol. The highest BCUT2D eigenvalue weighted by atomic mass is 28.5. The molecule has 0 spiro atoms. The summed E-state index contributed by atoms with van der Waals surface area (Å²) in [5.74, 6) is 0. The Morgan fingerprint density at radius 3 is 1.47 bits per heavy atom. The van der Waals surface area contributed by atoms with Crippen molar-refractivity contribution in [3.05, 3.63) is 0 Å². The van der Waals surface area contributed by atoms with Crippen LogP contribution in [0.4, 0.5) is 0 Å². The van der Waals surface area contributed by atoms with Gasteiger partial charge in [0.25, 0.3) is 0 Å². The molecule has 0 atom stereocenters. The van der Waals surface area contributed by atoms with E-state index in [1.807, 2.05) is 0 Å². The van der Waals surface area contributed by atoms with Gasteiger partial charge in [0.2, 0.25) is 0 Å². The Labute approximate surface area is 123 Å². The molecule has 0 rings (SSSR count). The molecule has 0 aliphatic heterocycles. The standard InChI is InChI=1S/C13H34O3Si3/c1-17(2,3)15-19(7,16-18(4,5)6)13-11-9-8-10-12-14/h14H,8-13H2,1-7H3. The third-order valence-corrected chi connectivity index (χ3v) is 12.2. The fraction of sp³-hybridized carbons (Fsp3) is 1.00. The minimum absolute atomic E-state index is 0.311. The molecule has 0 aliphatic carbocycles. The molecular formula is C13H34O3Si3. The van der Waals surface area contributed by atoms with Gasteiger partial charge in [0.15, 0.2) is 16.6 Å². The summed E-state index contributed by atoms with van der Waals surface area (Å²) >= 11 is 0. The molecule has 0 radical (unpaired) electrons. The van der Waals surface area contributed by atoms with E-state index in [1.54, 1.807) is 0 Å². The van der Waals surface area contributed by atoms with Gasteiger partial charge < -0.3 is 13.3 Å². The number of aliphatic hydroxyl groups excluding tert-OH is 1. The molecule has 0 bridgehead atoms. The van der Waals surface area contributed by atoms with Crippen LogP contribution in [0.15, 0.2) is 0 Å². The molecule has 19 heavy (non-hydrogen) atoms. The SMILES string of the molecule is C[Si](C)(C)O[Si](C)(CCCCCCO)O[Si](C)(C)C. The van der Waals surface area contributed by atoms with E-state index in [0.29, 0.717) is 6.61 Å². The molecule has 116 valence electrons. The molecule has 0 aliphatic rings. The minimum atomic E-state index is -2.02. The van der Waals surface area contributed by atoms with E-state index < -0.39 is 25.2 Å². The lowest BCUT2D eigenvalue weighted by Gasteiger charge is -2.38. The zero-order chi connectivity index (χ0) is 15.2. The quantitative estimate of drug-likeness (QED) is 0.481. The van der Waals surface area contributed by atoms with Gasteiger partial charge in [0.05, 0.1) is 0 Å². The smallest absolute Gasteiger partial charge is 0.314 e. The second-order valence-corrected chi connectivity index (χ2v) is 20.3. The monoisotopic (exact) mass is 322 g/mol. The van der Waals surface area contributed by atoms with Crippen molar-refractivity contribution in [2.75, 3.05) is 6.61 Å². The van der Waals surface area contributed by atoms with E-state index in [9.17, 15) is 0 Å². The van der Waals surface area contributed by atoms with Crippen molar-refractivity contribution in [1.82, 2.24) is 0 Å². The van der Waals surface area contributed by atoms with Crippen LogP contribution in [0.5, 0.6) is 0 Å². The summed E-state index contributed by atoms with van der Waals surface area (Å²) in [6.45, 7) is 16.0. The zero-order valence-corrected chi connectivity index (χ0v) is 17.0. The van der Waals surface area contributed by atoms with Crippen LogP contribution in [0.2, 0.25) is 51.9 Å². The first kappa shape index (κ1) is 19.5. The maximum Gasteiger partial charge on any atom is 0.314 e. The van der Waals surface area contributed by atoms with Crippen molar-refractivity contribution in [2.45, 2.75) is 77.6 Å². The molecule has 0 saturated heterocycles. The van der Waals surface area contributed by atoms with E-state index in [2.05, 4.69) is 45.8 Å². The average molecular weight is 323 g/mol. The van der Waals surface area contributed by atoms with Gasteiger partial charge in [0.1, 0.15) is 0 Å². The molecule has 0 fully saturated rings. The maximum atomic E-state index is 8.80. The van der Waals surface area contributed by atoms with Crippen molar-refractivity contribution in [3.8, 4) is 0 Å².